The van der Waals surface area contributed by atoms with E-state index in [4.69, 9.17) is 4.84 Å². The monoisotopic (exact) mass is 324 g/mol. The molecule has 0 amide bonds. The minimum atomic E-state index is -0.111. The van der Waals surface area contributed by atoms with Gasteiger partial charge in [-0.1, -0.05) is 50.3 Å². The van der Waals surface area contributed by atoms with Crippen molar-refractivity contribution in [3.05, 3.63) is 71.8 Å². The van der Waals surface area contributed by atoms with Gasteiger partial charge >= 0.3 is 0 Å². The molecule has 0 fully saturated rings. The van der Waals surface area contributed by atoms with Gasteiger partial charge in [0.15, 0.2) is 0 Å². The van der Waals surface area contributed by atoms with Crippen molar-refractivity contribution in [1.29, 1.82) is 0 Å². The molecule has 2 atom stereocenters. The van der Waals surface area contributed by atoms with E-state index >= 15 is 0 Å². The van der Waals surface area contributed by atoms with Crippen LogP contribution in [0.1, 0.15) is 53.1 Å². The lowest BCUT2D eigenvalue weighted by molar-refractivity contribution is -0.262. The van der Waals surface area contributed by atoms with Crippen LogP contribution >= 0.6 is 0 Å². The minimum Gasteiger partial charge on any atom is -0.290 e. The summed E-state index contributed by atoms with van der Waals surface area (Å²) in [5, 5.41) is 2.17. The van der Waals surface area contributed by atoms with Crippen molar-refractivity contribution in [3.63, 3.8) is 0 Å². The lowest BCUT2D eigenvalue weighted by Gasteiger charge is -2.44. The van der Waals surface area contributed by atoms with Gasteiger partial charge in [0, 0.05) is 12.0 Å². The van der Waals surface area contributed by atoms with Crippen molar-refractivity contribution in [1.82, 2.24) is 5.06 Å². The van der Waals surface area contributed by atoms with E-state index in [2.05, 4.69) is 95.2 Å². The second-order valence-corrected chi connectivity index (χ2v) is 7.68. The first-order valence-electron chi connectivity index (χ1n) is 8.77. The molecule has 2 rings (SSSR count). The fourth-order valence-corrected chi connectivity index (χ4v) is 2.98. The Kier molecular flexibility index (Phi) is 6.23. The van der Waals surface area contributed by atoms with Crippen LogP contribution in [0.4, 0.5) is 0 Å². The zero-order chi connectivity index (χ0) is 17.7. The maximum Gasteiger partial charge on any atom is 0.0985 e. The van der Waals surface area contributed by atoms with Crippen molar-refractivity contribution >= 4 is 0 Å². The zero-order valence-corrected chi connectivity index (χ0v) is 15.8. The van der Waals surface area contributed by atoms with Crippen LogP contribution < -0.4 is 0 Å². The summed E-state index contributed by atoms with van der Waals surface area (Å²) < 4.78 is 0. The van der Waals surface area contributed by atoms with Gasteiger partial charge in [-0.3, -0.25) is 4.84 Å². The Morgan fingerprint density at radius 3 is 2.17 bits per heavy atom. The van der Waals surface area contributed by atoms with Crippen molar-refractivity contribution in [2.45, 2.75) is 59.2 Å². The number of benzene rings is 1. The molecule has 2 heteroatoms. The van der Waals surface area contributed by atoms with Crippen LogP contribution in [0.3, 0.4) is 0 Å². The van der Waals surface area contributed by atoms with Crippen LogP contribution in [-0.2, 0) is 4.84 Å². The van der Waals surface area contributed by atoms with E-state index in [-0.39, 0.29) is 17.7 Å². The summed E-state index contributed by atoms with van der Waals surface area (Å²) in [4.78, 5) is 6.50. The van der Waals surface area contributed by atoms with Crippen molar-refractivity contribution in [2.24, 2.45) is 5.92 Å². The highest BCUT2D eigenvalue weighted by atomic mass is 16.7. The second-order valence-electron chi connectivity index (χ2n) is 7.68. The van der Waals surface area contributed by atoms with Crippen LogP contribution in [0, 0.1) is 12.3 Å². The van der Waals surface area contributed by atoms with E-state index in [1.807, 2.05) is 12.2 Å². The molecule has 0 saturated heterocycles. The molecule has 1 aromatic carbocycles. The molecule has 2 nitrogen and oxygen atoms in total. The van der Waals surface area contributed by atoms with Gasteiger partial charge in [-0.15, -0.1) is 5.73 Å². The molecule has 1 aromatic rings. The molecule has 1 aliphatic rings. The fourth-order valence-electron chi connectivity index (χ4n) is 2.98. The van der Waals surface area contributed by atoms with Gasteiger partial charge in [0.1, 0.15) is 0 Å². The zero-order valence-electron chi connectivity index (χ0n) is 15.8. The van der Waals surface area contributed by atoms with Gasteiger partial charge < -0.3 is 0 Å². The number of allylic oxidation sites excluding steroid dienone is 2. The van der Waals surface area contributed by atoms with E-state index in [1.54, 1.807) is 0 Å². The van der Waals surface area contributed by atoms with Gasteiger partial charge in [-0.25, -0.2) is 0 Å². The third-order valence-electron chi connectivity index (χ3n) is 4.17. The summed E-state index contributed by atoms with van der Waals surface area (Å²) in [5.41, 5.74) is 5.41. The summed E-state index contributed by atoms with van der Waals surface area (Å²) in [6, 6.07) is 10.8. The van der Waals surface area contributed by atoms with Crippen molar-refractivity contribution in [2.75, 3.05) is 0 Å². The molecule has 0 aliphatic heterocycles. The van der Waals surface area contributed by atoms with Gasteiger partial charge in [0.25, 0.3) is 0 Å². The molecule has 0 heterocycles. The van der Waals surface area contributed by atoms with Crippen LogP contribution in [-0.4, -0.2) is 16.7 Å². The molecule has 0 spiro atoms. The predicted molar refractivity (Wildman–Crippen MR) is 101 cm³/mol. The van der Waals surface area contributed by atoms with Crippen LogP contribution in [0.25, 0.3) is 0 Å². The molecular weight excluding hydrogens is 294 g/mol. The van der Waals surface area contributed by atoms with Gasteiger partial charge in [0.2, 0.25) is 0 Å². The van der Waals surface area contributed by atoms with Crippen LogP contribution in [0.15, 0.2) is 59.9 Å². The van der Waals surface area contributed by atoms with Crippen molar-refractivity contribution < 1.29 is 4.84 Å². The quantitative estimate of drug-likeness (QED) is 0.494. The highest BCUT2D eigenvalue weighted by molar-refractivity contribution is 5.32. The molecule has 0 saturated carbocycles. The number of hydrogen-bond donors (Lipinski definition) is 0. The normalized spacial score (nSPS) is 17.2. The lowest BCUT2D eigenvalue weighted by atomic mass is 9.92. The summed E-state index contributed by atoms with van der Waals surface area (Å²) in [6.07, 6.45) is 8.00. The Bertz CT molecular complexity index is 615. The SMILES string of the molecule is CC(ON(C(c1ccccc1)C(C)C)C(C)(C)C)C1=CC=C=C[CH]1. The van der Waals surface area contributed by atoms with Crippen molar-refractivity contribution in [3.8, 4) is 0 Å². The number of rotatable bonds is 6. The molecule has 0 bridgehead atoms. The Labute approximate surface area is 147 Å². The highest BCUT2D eigenvalue weighted by Crippen LogP contribution is 2.35. The van der Waals surface area contributed by atoms with Crippen LogP contribution in [0.2, 0.25) is 0 Å². The third-order valence-corrected chi connectivity index (χ3v) is 4.17. The van der Waals surface area contributed by atoms with E-state index in [9.17, 15) is 0 Å². The summed E-state index contributed by atoms with van der Waals surface area (Å²) in [6.45, 7) is 13.2. The Morgan fingerprint density at radius 1 is 1.00 bits per heavy atom. The average molecular weight is 324 g/mol. The second kappa shape index (κ2) is 7.98. The van der Waals surface area contributed by atoms with E-state index in [0.717, 1.165) is 0 Å². The minimum absolute atomic E-state index is 0.0104. The van der Waals surface area contributed by atoms with Gasteiger partial charge in [-0.2, -0.15) is 5.06 Å². The number of nitrogens with zero attached hydrogens (tertiary/aromatic N) is 1. The molecule has 0 aromatic heterocycles. The molecule has 1 radical (unpaired) electrons. The molecule has 1 aliphatic carbocycles. The topological polar surface area (TPSA) is 12.5 Å². The molecular formula is C22H30NO. The predicted octanol–water partition coefficient (Wildman–Crippen LogP) is 5.66. The van der Waals surface area contributed by atoms with E-state index in [0.29, 0.717) is 5.92 Å². The smallest absolute Gasteiger partial charge is 0.0985 e. The highest BCUT2D eigenvalue weighted by Gasteiger charge is 2.34. The summed E-state index contributed by atoms with van der Waals surface area (Å²) in [5.74, 6) is 0.433. The fraction of sp³-hybridized carbons (Fsp3) is 0.455. The Morgan fingerprint density at radius 2 is 1.67 bits per heavy atom. The standard InChI is InChI=1S/C22H30NO/c1-17(2)21(20-15-11-8-12-16-20)23(22(4,5)6)24-18(3)19-13-9-7-10-14-19/h8-18,21H,1-6H3. The Balaban J connectivity index is 2.29. The summed E-state index contributed by atoms with van der Waals surface area (Å²) in [7, 11) is 0. The van der Waals surface area contributed by atoms with Crippen LogP contribution in [0.5, 0.6) is 0 Å². The number of hydroxylamine groups is 2. The third kappa shape index (κ3) is 4.70. The molecule has 129 valence electrons. The molecule has 2 unspecified atom stereocenters. The van der Waals surface area contributed by atoms with E-state index < -0.39 is 0 Å². The summed E-state index contributed by atoms with van der Waals surface area (Å²) >= 11 is 0. The number of hydrogen-bond acceptors (Lipinski definition) is 2. The lowest BCUT2D eigenvalue weighted by Crippen LogP contribution is -2.47. The van der Waals surface area contributed by atoms with Gasteiger partial charge in [-0.05, 0) is 56.9 Å². The first-order valence-corrected chi connectivity index (χ1v) is 8.77. The van der Waals surface area contributed by atoms with E-state index in [1.165, 1.54) is 11.1 Å². The molecule has 0 N–H and O–H groups in total. The first kappa shape index (κ1) is 18.7. The average Bonchev–Trinajstić information content (AvgIpc) is 2.55. The largest absolute Gasteiger partial charge is 0.290 e. The molecule has 24 heavy (non-hydrogen) atoms. The maximum atomic E-state index is 6.50. The first-order chi connectivity index (χ1) is 11.3. The maximum absolute atomic E-state index is 6.50. The van der Waals surface area contributed by atoms with Gasteiger partial charge in [0.05, 0.1) is 12.1 Å². The Hall–Kier alpha value is -1.60.